The smallest absolute Gasteiger partial charge is 0.132 e. The molecule has 1 atom stereocenters. The van der Waals surface area contributed by atoms with Crippen molar-refractivity contribution < 1.29 is 4.74 Å². The number of nitrogens with zero attached hydrogens (tertiary/aromatic N) is 1. The van der Waals surface area contributed by atoms with Crippen molar-refractivity contribution in [3.05, 3.63) is 53.0 Å². The van der Waals surface area contributed by atoms with Crippen LogP contribution in [0, 0.1) is 0 Å². The van der Waals surface area contributed by atoms with Crippen molar-refractivity contribution in [1.82, 2.24) is 4.98 Å². The largest absolute Gasteiger partial charge is 0.497 e. The maximum Gasteiger partial charge on any atom is 0.132 e. The molecule has 1 aliphatic carbocycles. The lowest BCUT2D eigenvalue weighted by Gasteiger charge is -2.16. The van der Waals surface area contributed by atoms with Crippen molar-refractivity contribution in [2.24, 2.45) is 0 Å². The van der Waals surface area contributed by atoms with Gasteiger partial charge in [0.05, 0.1) is 7.11 Å². The molecule has 15 heavy (non-hydrogen) atoms. The van der Waals surface area contributed by atoms with Crippen LogP contribution in [0.4, 0.5) is 0 Å². The summed E-state index contributed by atoms with van der Waals surface area (Å²) in [6, 6.07) is 3.91. The first-order chi connectivity index (χ1) is 7.31. The molecule has 0 spiro atoms. The number of allylic oxidation sites excluding steroid dienone is 3. The second-order valence-corrected chi connectivity index (χ2v) is 3.76. The summed E-state index contributed by atoms with van der Waals surface area (Å²) in [5.74, 6) is 1.15. The van der Waals surface area contributed by atoms with Gasteiger partial charge in [-0.3, -0.25) is 0 Å². The van der Waals surface area contributed by atoms with Crippen LogP contribution >= 0.6 is 11.6 Å². The molecule has 0 fully saturated rings. The third-order valence-electron chi connectivity index (χ3n) is 2.46. The van der Waals surface area contributed by atoms with E-state index in [9.17, 15) is 0 Å². The van der Waals surface area contributed by atoms with Gasteiger partial charge in [-0.15, -0.1) is 0 Å². The first kappa shape index (κ1) is 10.2. The van der Waals surface area contributed by atoms with Gasteiger partial charge in [0.1, 0.15) is 10.9 Å². The quantitative estimate of drug-likeness (QED) is 0.715. The number of rotatable bonds is 2. The Balaban J connectivity index is 2.30. The zero-order valence-electron chi connectivity index (χ0n) is 8.48. The second-order valence-electron chi connectivity index (χ2n) is 3.40. The molecule has 0 saturated heterocycles. The number of halogens is 1. The number of hydrogen-bond acceptors (Lipinski definition) is 2. The van der Waals surface area contributed by atoms with Crippen LogP contribution in [0.2, 0.25) is 5.15 Å². The van der Waals surface area contributed by atoms with Gasteiger partial charge in [0.2, 0.25) is 0 Å². The topological polar surface area (TPSA) is 22.1 Å². The zero-order valence-corrected chi connectivity index (χ0v) is 9.24. The van der Waals surface area contributed by atoms with E-state index in [4.69, 9.17) is 16.3 Å². The Hall–Kier alpha value is -1.28. The summed E-state index contributed by atoms with van der Waals surface area (Å²) < 4.78 is 5.19. The van der Waals surface area contributed by atoms with Crippen molar-refractivity contribution in [2.75, 3.05) is 7.11 Å². The summed E-state index contributed by atoms with van der Waals surface area (Å²) in [6.07, 6.45) is 8.78. The fraction of sp³-hybridized carbons (Fsp3) is 0.250. The average Bonchev–Trinajstić information content (AvgIpc) is 2.30. The lowest BCUT2D eigenvalue weighted by Crippen LogP contribution is -2.01. The molecular formula is C12H12ClNO. The Kier molecular flexibility index (Phi) is 3.07. The molecule has 1 heterocycles. The molecule has 0 N–H and O–H groups in total. The van der Waals surface area contributed by atoms with Gasteiger partial charge in [-0.1, -0.05) is 23.7 Å². The lowest BCUT2D eigenvalue weighted by molar-refractivity contribution is 0.302. The minimum atomic E-state index is 0.270. The maximum atomic E-state index is 6.04. The van der Waals surface area contributed by atoms with Gasteiger partial charge in [0, 0.05) is 12.1 Å². The van der Waals surface area contributed by atoms with E-state index in [0.29, 0.717) is 5.15 Å². The number of methoxy groups -OCH3 is 1. The molecule has 78 valence electrons. The monoisotopic (exact) mass is 221 g/mol. The molecule has 2 nitrogen and oxygen atoms in total. The Morgan fingerprint density at radius 1 is 1.53 bits per heavy atom. The third kappa shape index (κ3) is 2.21. The highest BCUT2D eigenvalue weighted by molar-refractivity contribution is 6.30. The number of aromatic nitrogens is 1. The molecule has 1 aromatic rings. The molecule has 0 saturated carbocycles. The summed E-state index contributed by atoms with van der Waals surface area (Å²) in [5, 5.41) is 0.574. The van der Waals surface area contributed by atoms with Crippen LogP contribution in [0.3, 0.4) is 0 Å². The first-order valence-corrected chi connectivity index (χ1v) is 5.22. The van der Waals surface area contributed by atoms with Gasteiger partial charge in [-0.25, -0.2) is 4.98 Å². The van der Waals surface area contributed by atoms with Crippen LogP contribution in [0.25, 0.3) is 0 Å². The van der Waals surface area contributed by atoms with E-state index in [1.807, 2.05) is 18.2 Å². The number of ether oxygens (including phenoxy) is 1. The molecule has 1 aliphatic rings. The molecule has 0 amide bonds. The van der Waals surface area contributed by atoms with Crippen molar-refractivity contribution in [3.8, 4) is 0 Å². The molecule has 0 bridgehead atoms. The van der Waals surface area contributed by atoms with E-state index in [-0.39, 0.29) is 5.92 Å². The van der Waals surface area contributed by atoms with E-state index in [0.717, 1.165) is 17.7 Å². The Labute approximate surface area is 94.2 Å². The normalized spacial score (nSPS) is 19.9. The van der Waals surface area contributed by atoms with Gasteiger partial charge < -0.3 is 4.74 Å². The number of hydrogen-bond donors (Lipinski definition) is 0. The first-order valence-electron chi connectivity index (χ1n) is 4.84. The van der Waals surface area contributed by atoms with Crippen LogP contribution < -0.4 is 0 Å². The fourth-order valence-corrected chi connectivity index (χ4v) is 1.94. The molecule has 0 radical (unpaired) electrons. The van der Waals surface area contributed by atoms with E-state index in [1.165, 1.54) is 0 Å². The second kappa shape index (κ2) is 4.49. The molecular weight excluding hydrogens is 210 g/mol. The van der Waals surface area contributed by atoms with Crippen LogP contribution in [0.1, 0.15) is 17.9 Å². The van der Waals surface area contributed by atoms with E-state index < -0.39 is 0 Å². The van der Waals surface area contributed by atoms with E-state index in [1.54, 1.807) is 13.3 Å². The summed E-state index contributed by atoms with van der Waals surface area (Å²) in [7, 11) is 1.67. The van der Waals surface area contributed by atoms with Crippen molar-refractivity contribution in [1.29, 1.82) is 0 Å². The molecule has 0 aromatic carbocycles. The highest BCUT2D eigenvalue weighted by atomic mass is 35.5. The van der Waals surface area contributed by atoms with Crippen LogP contribution in [-0.2, 0) is 4.74 Å². The minimum absolute atomic E-state index is 0.270. The summed E-state index contributed by atoms with van der Waals surface area (Å²) in [6.45, 7) is 0. The third-order valence-corrected chi connectivity index (χ3v) is 2.78. The zero-order chi connectivity index (χ0) is 10.7. The van der Waals surface area contributed by atoms with Gasteiger partial charge in [0.15, 0.2) is 0 Å². The molecule has 2 rings (SSSR count). The Morgan fingerprint density at radius 3 is 3.13 bits per heavy atom. The fourth-order valence-electron chi connectivity index (χ4n) is 1.68. The van der Waals surface area contributed by atoms with Crippen molar-refractivity contribution >= 4 is 11.6 Å². The van der Waals surface area contributed by atoms with Crippen molar-refractivity contribution in [2.45, 2.75) is 12.3 Å². The summed E-state index contributed by atoms with van der Waals surface area (Å²) >= 11 is 6.04. The predicted octanol–water partition coefficient (Wildman–Crippen LogP) is 3.31. The van der Waals surface area contributed by atoms with Gasteiger partial charge >= 0.3 is 0 Å². The van der Waals surface area contributed by atoms with Crippen LogP contribution in [-0.4, -0.2) is 12.1 Å². The SMILES string of the molecule is COC1=CC(c2cccnc2Cl)CC=C1. The van der Waals surface area contributed by atoms with Crippen LogP contribution in [0.15, 0.2) is 42.3 Å². The molecule has 1 unspecified atom stereocenters. The summed E-state index contributed by atoms with van der Waals surface area (Å²) in [5.41, 5.74) is 1.05. The maximum absolute atomic E-state index is 6.04. The average molecular weight is 222 g/mol. The van der Waals surface area contributed by atoms with Crippen molar-refractivity contribution in [3.63, 3.8) is 0 Å². The molecule has 1 aromatic heterocycles. The Bertz CT molecular complexity index is 412. The standard InChI is InChI=1S/C12H12ClNO/c1-15-10-5-2-4-9(8-10)11-6-3-7-14-12(11)13/h2-3,5-9H,4H2,1H3. The predicted molar refractivity (Wildman–Crippen MR) is 60.8 cm³/mol. The summed E-state index contributed by atoms with van der Waals surface area (Å²) in [4.78, 5) is 4.08. The highest BCUT2D eigenvalue weighted by Gasteiger charge is 2.15. The Morgan fingerprint density at radius 2 is 2.40 bits per heavy atom. The molecule has 0 aliphatic heterocycles. The van der Waals surface area contributed by atoms with Gasteiger partial charge in [-0.05, 0) is 30.2 Å². The lowest BCUT2D eigenvalue weighted by atomic mass is 9.93. The van der Waals surface area contributed by atoms with Gasteiger partial charge in [0.25, 0.3) is 0 Å². The number of pyridine rings is 1. The van der Waals surface area contributed by atoms with Crippen LogP contribution in [0.5, 0.6) is 0 Å². The molecule has 3 heteroatoms. The van der Waals surface area contributed by atoms with Gasteiger partial charge in [-0.2, -0.15) is 0 Å². The highest BCUT2D eigenvalue weighted by Crippen LogP contribution is 2.30. The van der Waals surface area contributed by atoms with E-state index >= 15 is 0 Å². The minimum Gasteiger partial charge on any atom is -0.497 e. The van der Waals surface area contributed by atoms with E-state index in [2.05, 4.69) is 17.1 Å².